The molecule has 0 aliphatic rings. The van der Waals surface area contributed by atoms with E-state index in [0.717, 1.165) is 0 Å². The Kier molecular flexibility index (Phi) is 5.66. The molecule has 0 saturated heterocycles. The zero-order valence-electron chi connectivity index (χ0n) is 14.9. The minimum atomic E-state index is -3.91. The second kappa shape index (κ2) is 7.57. The van der Waals surface area contributed by atoms with Crippen LogP contribution in [0.1, 0.15) is 28.4 Å². The molecule has 0 spiro atoms. The fraction of sp³-hybridized carbons (Fsp3) is 0.222. The number of esters is 1. The molecule has 0 radical (unpaired) electrons. The van der Waals surface area contributed by atoms with Gasteiger partial charge in [0, 0.05) is 18.3 Å². The van der Waals surface area contributed by atoms with E-state index in [1.807, 2.05) is 0 Å². The van der Waals surface area contributed by atoms with E-state index in [9.17, 15) is 18.0 Å². The van der Waals surface area contributed by atoms with Gasteiger partial charge in [-0.25, -0.2) is 13.2 Å². The predicted octanol–water partition coefficient (Wildman–Crippen LogP) is 2.85. The van der Waals surface area contributed by atoms with Crippen molar-refractivity contribution in [2.75, 3.05) is 17.1 Å². The number of amides is 1. The Morgan fingerprint density at radius 2 is 1.69 bits per heavy atom. The fourth-order valence-electron chi connectivity index (χ4n) is 2.40. The summed E-state index contributed by atoms with van der Waals surface area (Å²) in [5.41, 5.74) is 2.30. The highest BCUT2D eigenvalue weighted by Crippen LogP contribution is 2.24. The molecule has 26 heavy (non-hydrogen) atoms. The summed E-state index contributed by atoms with van der Waals surface area (Å²) < 4.78 is 32.6. The standard InChI is InChI=1S/C18H20N2O5S/c1-11-5-6-14(18(22)25-4)10-17(11)26(23,24)20-15-7-8-16(12(2)9-15)19-13(3)21/h5-10,20H,1-4H3,(H,19,21). The Labute approximate surface area is 152 Å². The maximum absolute atomic E-state index is 12.7. The predicted molar refractivity (Wildman–Crippen MR) is 98.8 cm³/mol. The molecule has 0 aliphatic heterocycles. The van der Waals surface area contributed by atoms with Crippen LogP contribution in [0.4, 0.5) is 11.4 Å². The lowest BCUT2D eigenvalue weighted by atomic mass is 10.1. The Bertz CT molecular complexity index is 968. The number of anilines is 2. The van der Waals surface area contributed by atoms with E-state index in [4.69, 9.17) is 0 Å². The van der Waals surface area contributed by atoms with Gasteiger partial charge < -0.3 is 10.1 Å². The van der Waals surface area contributed by atoms with Crippen LogP contribution < -0.4 is 10.0 Å². The van der Waals surface area contributed by atoms with Gasteiger partial charge in [-0.1, -0.05) is 6.07 Å². The SMILES string of the molecule is COC(=O)c1ccc(C)c(S(=O)(=O)Nc2ccc(NC(C)=O)c(C)c2)c1. The van der Waals surface area contributed by atoms with Gasteiger partial charge in [-0.15, -0.1) is 0 Å². The van der Waals surface area contributed by atoms with Crippen molar-refractivity contribution in [1.29, 1.82) is 0 Å². The Morgan fingerprint density at radius 1 is 1.00 bits per heavy atom. The topological polar surface area (TPSA) is 102 Å². The minimum Gasteiger partial charge on any atom is -0.465 e. The lowest BCUT2D eigenvalue weighted by Crippen LogP contribution is -2.16. The number of nitrogens with one attached hydrogen (secondary N) is 2. The Balaban J connectivity index is 2.36. The normalized spacial score (nSPS) is 10.9. The summed E-state index contributed by atoms with van der Waals surface area (Å²) in [5.74, 6) is -0.825. The summed E-state index contributed by atoms with van der Waals surface area (Å²) in [6.45, 7) is 4.79. The largest absolute Gasteiger partial charge is 0.465 e. The second-order valence-electron chi connectivity index (χ2n) is 5.79. The zero-order valence-corrected chi connectivity index (χ0v) is 15.7. The highest BCUT2D eigenvalue weighted by atomic mass is 32.2. The molecule has 2 rings (SSSR count). The van der Waals surface area contributed by atoms with E-state index in [-0.39, 0.29) is 16.4 Å². The van der Waals surface area contributed by atoms with Gasteiger partial charge in [-0.3, -0.25) is 9.52 Å². The number of carbonyl (C=O) groups excluding carboxylic acids is 2. The summed E-state index contributed by atoms with van der Waals surface area (Å²) in [6.07, 6.45) is 0. The van der Waals surface area contributed by atoms with Crippen molar-refractivity contribution in [2.24, 2.45) is 0 Å². The summed E-state index contributed by atoms with van der Waals surface area (Å²) in [7, 11) is -2.68. The van der Waals surface area contributed by atoms with Crippen LogP contribution in [-0.2, 0) is 19.6 Å². The molecule has 0 atom stereocenters. The lowest BCUT2D eigenvalue weighted by Gasteiger charge is -2.13. The molecule has 0 saturated carbocycles. The molecule has 8 heteroatoms. The molecular weight excluding hydrogens is 356 g/mol. The van der Waals surface area contributed by atoms with Gasteiger partial charge in [0.2, 0.25) is 5.91 Å². The van der Waals surface area contributed by atoms with Gasteiger partial charge in [0.05, 0.1) is 17.6 Å². The van der Waals surface area contributed by atoms with Crippen molar-refractivity contribution in [3.8, 4) is 0 Å². The summed E-state index contributed by atoms with van der Waals surface area (Å²) >= 11 is 0. The molecule has 0 unspecified atom stereocenters. The third-order valence-electron chi connectivity index (χ3n) is 3.69. The Hall–Kier alpha value is -2.87. The van der Waals surface area contributed by atoms with Crippen LogP contribution in [-0.4, -0.2) is 27.4 Å². The third-order valence-corrected chi connectivity index (χ3v) is 5.21. The van der Waals surface area contributed by atoms with Crippen molar-refractivity contribution in [1.82, 2.24) is 0 Å². The van der Waals surface area contributed by atoms with Crippen LogP contribution in [0.25, 0.3) is 0 Å². The molecule has 2 aromatic rings. The van der Waals surface area contributed by atoms with Gasteiger partial charge in [0.25, 0.3) is 10.0 Å². The number of ether oxygens (including phenoxy) is 1. The quantitative estimate of drug-likeness (QED) is 0.782. The van der Waals surface area contributed by atoms with E-state index < -0.39 is 16.0 Å². The average molecular weight is 376 g/mol. The van der Waals surface area contributed by atoms with Crippen LogP contribution in [0.2, 0.25) is 0 Å². The van der Waals surface area contributed by atoms with E-state index in [2.05, 4.69) is 14.8 Å². The van der Waals surface area contributed by atoms with Crippen LogP contribution in [0.5, 0.6) is 0 Å². The average Bonchev–Trinajstić information content (AvgIpc) is 2.56. The van der Waals surface area contributed by atoms with Crippen LogP contribution >= 0.6 is 0 Å². The van der Waals surface area contributed by atoms with E-state index >= 15 is 0 Å². The molecule has 2 aromatic carbocycles. The molecule has 0 aromatic heterocycles. The van der Waals surface area contributed by atoms with Gasteiger partial charge in [-0.2, -0.15) is 0 Å². The highest BCUT2D eigenvalue weighted by molar-refractivity contribution is 7.92. The van der Waals surface area contributed by atoms with E-state index in [1.165, 1.54) is 26.2 Å². The van der Waals surface area contributed by atoms with Crippen LogP contribution in [0.3, 0.4) is 0 Å². The third kappa shape index (κ3) is 4.40. The first-order valence-corrected chi connectivity index (χ1v) is 9.22. The number of rotatable bonds is 5. The van der Waals surface area contributed by atoms with Gasteiger partial charge in [0.15, 0.2) is 0 Å². The number of carbonyl (C=O) groups is 2. The molecule has 2 N–H and O–H groups in total. The summed E-state index contributed by atoms with van der Waals surface area (Å²) in [4.78, 5) is 22.8. The monoisotopic (exact) mass is 376 g/mol. The summed E-state index contributed by atoms with van der Waals surface area (Å²) in [5, 5.41) is 2.66. The first-order chi connectivity index (χ1) is 12.1. The molecule has 138 valence electrons. The molecule has 1 amide bonds. The van der Waals surface area contributed by atoms with Crippen LogP contribution in [0.15, 0.2) is 41.3 Å². The smallest absolute Gasteiger partial charge is 0.337 e. The number of hydrogen-bond acceptors (Lipinski definition) is 5. The number of sulfonamides is 1. The maximum atomic E-state index is 12.7. The minimum absolute atomic E-state index is 0.0102. The van der Waals surface area contributed by atoms with Gasteiger partial charge in [-0.05, 0) is 55.3 Å². The van der Waals surface area contributed by atoms with Crippen molar-refractivity contribution < 1.29 is 22.7 Å². The van der Waals surface area contributed by atoms with Gasteiger partial charge in [0.1, 0.15) is 0 Å². The molecule has 0 bridgehead atoms. The Morgan fingerprint density at radius 3 is 2.27 bits per heavy atom. The number of methoxy groups -OCH3 is 1. The van der Waals surface area contributed by atoms with Crippen LogP contribution in [0, 0.1) is 13.8 Å². The molecule has 0 fully saturated rings. The molecular formula is C18H20N2O5S. The lowest BCUT2D eigenvalue weighted by molar-refractivity contribution is -0.114. The van der Waals surface area contributed by atoms with Gasteiger partial charge >= 0.3 is 5.97 Å². The number of benzene rings is 2. The summed E-state index contributed by atoms with van der Waals surface area (Å²) in [6, 6.07) is 9.12. The first kappa shape index (κ1) is 19.5. The molecule has 0 heterocycles. The maximum Gasteiger partial charge on any atom is 0.337 e. The molecule has 0 aliphatic carbocycles. The highest BCUT2D eigenvalue weighted by Gasteiger charge is 2.20. The molecule has 7 nitrogen and oxygen atoms in total. The van der Waals surface area contributed by atoms with Crippen molar-refractivity contribution in [3.05, 3.63) is 53.1 Å². The van der Waals surface area contributed by atoms with E-state index in [0.29, 0.717) is 22.5 Å². The van der Waals surface area contributed by atoms with E-state index in [1.54, 1.807) is 38.1 Å². The van der Waals surface area contributed by atoms with Crippen molar-refractivity contribution >= 4 is 33.3 Å². The zero-order chi connectivity index (χ0) is 19.5. The van der Waals surface area contributed by atoms with Crippen molar-refractivity contribution in [3.63, 3.8) is 0 Å². The second-order valence-corrected chi connectivity index (χ2v) is 7.44. The number of aryl methyl sites for hydroxylation is 2. The first-order valence-electron chi connectivity index (χ1n) is 7.74. The number of hydrogen-bond donors (Lipinski definition) is 2. The van der Waals surface area contributed by atoms with Crippen molar-refractivity contribution in [2.45, 2.75) is 25.7 Å². The fourth-order valence-corrected chi connectivity index (χ4v) is 3.72.